The second-order valence-electron chi connectivity index (χ2n) is 7.02. The number of ether oxygens (including phenoxy) is 5. The van der Waals surface area contributed by atoms with Crippen molar-refractivity contribution >= 4 is 12.0 Å². The molecule has 0 fully saturated rings. The average molecular weight is 443 g/mol. The summed E-state index contributed by atoms with van der Waals surface area (Å²) in [6, 6.07) is 7.22. The van der Waals surface area contributed by atoms with Crippen LogP contribution in [-0.2, 0) is 11.2 Å². The number of aliphatic carboxylic acids is 1. The Morgan fingerprint density at radius 3 is 2.00 bits per heavy atom. The minimum Gasteiger partial charge on any atom is -0.492 e. The van der Waals surface area contributed by atoms with E-state index < -0.39 is 5.97 Å². The summed E-state index contributed by atoms with van der Waals surface area (Å²) in [4.78, 5) is 10.6. The molecule has 0 aliphatic rings. The van der Waals surface area contributed by atoms with E-state index >= 15 is 0 Å². The molecule has 2 aromatic rings. The van der Waals surface area contributed by atoms with Gasteiger partial charge in [-0.3, -0.25) is 0 Å². The number of allylic oxidation sites excluding steroid dienone is 1. The lowest BCUT2D eigenvalue weighted by Gasteiger charge is -2.21. The minimum absolute atomic E-state index is 0.413. The molecule has 0 spiro atoms. The molecule has 0 radical (unpaired) electrons. The van der Waals surface area contributed by atoms with E-state index in [0.717, 1.165) is 28.3 Å². The van der Waals surface area contributed by atoms with Gasteiger partial charge in [0, 0.05) is 17.2 Å². The van der Waals surface area contributed by atoms with Gasteiger partial charge in [0.2, 0.25) is 11.5 Å². The molecule has 7 heteroatoms. The molecule has 172 valence electrons. The Balaban J connectivity index is 2.16. The summed E-state index contributed by atoms with van der Waals surface area (Å²) in [6.07, 6.45) is 5.30. The zero-order valence-electron chi connectivity index (χ0n) is 19.4. The van der Waals surface area contributed by atoms with Crippen molar-refractivity contribution in [2.45, 2.75) is 20.3 Å². The lowest BCUT2D eigenvalue weighted by Crippen LogP contribution is -2.05. The van der Waals surface area contributed by atoms with E-state index in [1.165, 1.54) is 6.08 Å². The first-order valence-electron chi connectivity index (χ1n) is 10.0. The quantitative estimate of drug-likeness (QED) is 0.399. The van der Waals surface area contributed by atoms with Crippen LogP contribution in [0.1, 0.15) is 23.6 Å². The van der Waals surface area contributed by atoms with Crippen LogP contribution >= 0.6 is 0 Å². The monoisotopic (exact) mass is 442 g/mol. The standard InChI is InChI=1S/C25H30O7/c1-16(15-32-19-11-8-18(9-12-19)10-14-21(26)27)7-13-20-17(2)22(28-3)24(30-5)25(31-6)23(20)29-4/h7-12,14H,13,15H2,1-6H3,(H,26,27). The number of carboxylic acid groups (broad SMARTS) is 1. The summed E-state index contributed by atoms with van der Waals surface area (Å²) in [5.74, 6) is 1.93. The van der Waals surface area contributed by atoms with Crippen molar-refractivity contribution in [2.24, 2.45) is 0 Å². The third-order valence-corrected chi connectivity index (χ3v) is 4.92. The predicted molar refractivity (Wildman–Crippen MR) is 123 cm³/mol. The second-order valence-corrected chi connectivity index (χ2v) is 7.02. The van der Waals surface area contributed by atoms with Crippen LogP contribution < -0.4 is 23.7 Å². The molecule has 0 aliphatic heterocycles. The van der Waals surface area contributed by atoms with Gasteiger partial charge in [-0.1, -0.05) is 18.2 Å². The molecule has 0 unspecified atom stereocenters. The highest BCUT2D eigenvalue weighted by atomic mass is 16.5. The maximum Gasteiger partial charge on any atom is 0.328 e. The maximum absolute atomic E-state index is 10.6. The molecular formula is C25H30O7. The van der Waals surface area contributed by atoms with E-state index in [4.69, 9.17) is 28.8 Å². The SMILES string of the molecule is COc1c(C)c(CC=C(C)COc2ccc(C=CC(=O)O)cc2)c(OC)c(OC)c1OC. The lowest BCUT2D eigenvalue weighted by molar-refractivity contribution is -0.131. The predicted octanol–water partition coefficient (Wildman–Crippen LogP) is 4.70. The maximum atomic E-state index is 10.6. The Hall–Kier alpha value is -3.61. The Kier molecular flexibility index (Phi) is 9.01. The van der Waals surface area contributed by atoms with E-state index in [9.17, 15) is 4.79 Å². The summed E-state index contributed by atoms with van der Waals surface area (Å²) in [6.45, 7) is 4.36. The average Bonchev–Trinajstić information content (AvgIpc) is 2.80. The third-order valence-electron chi connectivity index (χ3n) is 4.92. The Morgan fingerprint density at radius 2 is 1.47 bits per heavy atom. The fourth-order valence-electron chi connectivity index (χ4n) is 3.27. The molecule has 0 saturated heterocycles. The first kappa shape index (κ1) is 24.7. The van der Waals surface area contributed by atoms with Crippen LogP contribution in [-0.4, -0.2) is 46.1 Å². The fourth-order valence-corrected chi connectivity index (χ4v) is 3.27. The van der Waals surface area contributed by atoms with Crippen LogP contribution in [0.4, 0.5) is 0 Å². The largest absolute Gasteiger partial charge is 0.492 e. The van der Waals surface area contributed by atoms with Crippen LogP contribution in [0, 0.1) is 6.92 Å². The van der Waals surface area contributed by atoms with Gasteiger partial charge in [0.15, 0.2) is 11.5 Å². The molecule has 32 heavy (non-hydrogen) atoms. The van der Waals surface area contributed by atoms with Gasteiger partial charge in [0.05, 0.1) is 28.4 Å². The molecule has 2 rings (SSSR count). The zero-order valence-corrected chi connectivity index (χ0v) is 19.4. The van der Waals surface area contributed by atoms with Crippen molar-refractivity contribution in [1.82, 2.24) is 0 Å². The van der Waals surface area contributed by atoms with Crippen molar-refractivity contribution in [3.63, 3.8) is 0 Å². The number of carbonyl (C=O) groups is 1. The van der Waals surface area contributed by atoms with Gasteiger partial charge in [0.25, 0.3) is 0 Å². The summed E-state index contributed by atoms with van der Waals surface area (Å²) in [7, 11) is 6.33. The third kappa shape index (κ3) is 5.97. The fraction of sp³-hybridized carbons (Fsp3) is 0.320. The van der Waals surface area contributed by atoms with E-state index in [1.807, 2.05) is 13.8 Å². The van der Waals surface area contributed by atoms with Crippen molar-refractivity contribution in [3.8, 4) is 28.7 Å². The number of hydrogen-bond donors (Lipinski definition) is 1. The normalized spacial score (nSPS) is 11.4. The molecule has 0 amide bonds. The van der Waals surface area contributed by atoms with Gasteiger partial charge >= 0.3 is 5.97 Å². The number of benzene rings is 2. The molecule has 0 bridgehead atoms. The van der Waals surface area contributed by atoms with Crippen molar-refractivity contribution in [2.75, 3.05) is 35.0 Å². The van der Waals surface area contributed by atoms with Gasteiger partial charge in [-0.25, -0.2) is 4.79 Å². The van der Waals surface area contributed by atoms with Crippen LogP contribution in [0.15, 0.2) is 42.0 Å². The van der Waals surface area contributed by atoms with Gasteiger partial charge in [-0.2, -0.15) is 0 Å². The van der Waals surface area contributed by atoms with Crippen molar-refractivity contribution < 1.29 is 33.6 Å². The molecule has 1 N–H and O–H groups in total. The summed E-state index contributed by atoms with van der Waals surface area (Å²) in [5, 5.41) is 8.70. The second kappa shape index (κ2) is 11.7. The number of carboxylic acids is 1. The molecular weight excluding hydrogens is 412 g/mol. The molecule has 0 saturated carbocycles. The molecule has 7 nitrogen and oxygen atoms in total. The highest BCUT2D eigenvalue weighted by molar-refractivity contribution is 5.85. The van der Waals surface area contributed by atoms with Crippen LogP contribution in [0.3, 0.4) is 0 Å². The molecule has 2 aromatic carbocycles. The van der Waals surface area contributed by atoms with Crippen LogP contribution in [0.5, 0.6) is 28.7 Å². The van der Waals surface area contributed by atoms with E-state index in [2.05, 4.69) is 6.08 Å². The van der Waals surface area contributed by atoms with E-state index in [0.29, 0.717) is 41.8 Å². The van der Waals surface area contributed by atoms with Crippen LogP contribution in [0.25, 0.3) is 6.08 Å². The summed E-state index contributed by atoms with van der Waals surface area (Å²) in [5.41, 5.74) is 3.68. The number of rotatable bonds is 11. The molecule has 0 aliphatic carbocycles. The Morgan fingerprint density at radius 1 is 0.906 bits per heavy atom. The zero-order chi connectivity index (χ0) is 23.7. The van der Waals surface area contributed by atoms with Gasteiger partial charge in [-0.15, -0.1) is 0 Å². The smallest absolute Gasteiger partial charge is 0.328 e. The molecule has 0 aromatic heterocycles. The van der Waals surface area contributed by atoms with E-state index in [-0.39, 0.29) is 0 Å². The summed E-state index contributed by atoms with van der Waals surface area (Å²) < 4.78 is 28.1. The molecule has 0 atom stereocenters. The first-order valence-corrected chi connectivity index (χ1v) is 10.0. The van der Waals surface area contributed by atoms with Crippen molar-refractivity contribution in [3.05, 3.63) is 58.7 Å². The summed E-state index contributed by atoms with van der Waals surface area (Å²) >= 11 is 0. The van der Waals surface area contributed by atoms with Gasteiger partial charge in [-0.05, 0) is 49.6 Å². The highest BCUT2D eigenvalue weighted by Gasteiger charge is 2.24. The lowest BCUT2D eigenvalue weighted by atomic mass is 10.00. The van der Waals surface area contributed by atoms with Gasteiger partial charge < -0.3 is 28.8 Å². The minimum atomic E-state index is -0.981. The Labute approximate surface area is 188 Å². The van der Waals surface area contributed by atoms with Gasteiger partial charge in [0.1, 0.15) is 12.4 Å². The van der Waals surface area contributed by atoms with Crippen molar-refractivity contribution in [1.29, 1.82) is 0 Å². The van der Waals surface area contributed by atoms with E-state index in [1.54, 1.807) is 52.7 Å². The molecule has 0 heterocycles. The number of methoxy groups -OCH3 is 4. The highest BCUT2D eigenvalue weighted by Crippen LogP contribution is 2.49. The van der Waals surface area contributed by atoms with Crippen LogP contribution in [0.2, 0.25) is 0 Å². The first-order chi connectivity index (χ1) is 15.4. The topological polar surface area (TPSA) is 83.5 Å². The Bertz CT molecular complexity index is 989. The number of hydrogen-bond acceptors (Lipinski definition) is 6.